The molecular weight excluding hydrogens is 781 g/mol. The van der Waals surface area contributed by atoms with E-state index in [4.69, 9.17) is 24.8 Å². The van der Waals surface area contributed by atoms with Crippen LogP contribution in [0.3, 0.4) is 0 Å². The van der Waals surface area contributed by atoms with E-state index in [0.717, 1.165) is 103 Å². The minimum atomic E-state index is -4.73. The van der Waals surface area contributed by atoms with Gasteiger partial charge in [0.15, 0.2) is 6.10 Å². The molecule has 0 aromatic rings. The molecule has 0 bridgehead atoms. The van der Waals surface area contributed by atoms with Crippen LogP contribution in [0.15, 0.2) is 72.9 Å². The lowest BCUT2D eigenvalue weighted by atomic mass is 10.1. The largest absolute Gasteiger partial charge is 0.480 e. The van der Waals surface area contributed by atoms with E-state index in [9.17, 15) is 23.8 Å². The van der Waals surface area contributed by atoms with Crippen LogP contribution in [0.2, 0.25) is 0 Å². The van der Waals surface area contributed by atoms with Crippen molar-refractivity contribution in [3.63, 3.8) is 0 Å². The summed E-state index contributed by atoms with van der Waals surface area (Å²) in [6.07, 6.45) is 51.0. The molecule has 0 saturated heterocycles. The van der Waals surface area contributed by atoms with Gasteiger partial charge in [-0.2, -0.15) is 0 Å². The van der Waals surface area contributed by atoms with Gasteiger partial charge in [0.1, 0.15) is 12.6 Å². The first-order valence-corrected chi connectivity index (χ1v) is 24.5. The SMILES string of the molecule is CC/C=C\C/C=C\C/C=C\CCCCCCCCCC(=O)OCC(COP(=O)(O)OCC(N)C(=O)O)OC(=O)CCCCCCCC/C=C\C/C=C\C/C=C\CCCCC. The van der Waals surface area contributed by atoms with Crippen LogP contribution in [0.25, 0.3) is 0 Å². The second-order valence-electron chi connectivity index (χ2n) is 15.1. The van der Waals surface area contributed by atoms with Crippen LogP contribution < -0.4 is 5.73 Å². The molecule has 3 unspecified atom stereocenters. The van der Waals surface area contributed by atoms with Crippen LogP contribution in [0.5, 0.6) is 0 Å². The van der Waals surface area contributed by atoms with Crippen molar-refractivity contribution >= 4 is 25.7 Å². The zero-order valence-electron chi connectivity index (χ0n) is 37.3. The number of unbranched alkanes of at least 4 members (excludes halogenated alkanes) is 16. The van der Waals surface area contributed by atoms with Crippen LogP contribution >= 0.6 is 7.82 Å². The molecular formula is C48H82NO10P. The molecule has 3 atom stereocenters. The summed E-state index contributed by atoms with van der Waals surface area (Å²) >= 11 is 0. The predicted octanol–water partition coefficient (Wildman–Crippen LogP) is 12.5. The highest BCUT2D eigenvalue weighted by Crippen LogP contribution is 2.43. The first-order chi connectivity index (χ1) is 29.1. The van der Waals surface area contributed by atoms with Crippen molar-refractivity contribution in [2.75, 3.05) is 19.8 Å². The number of carbonyl (C=O) groups is 3. The van der Waals surface area contributed by atoms with E-state index in [1.165, 1.54) is 38.5 Å². The van der Waals surface area contributed by atoms with Crippen molar-refractivity contribution in [3.8, 4) is 0 Å². The Kier molecular flexibility index (Phi) is 40.4. The molecule has 12 heteroatoms. The number of allylic oxidation sites excluding steroid dienone is 12. The zero-order valence-corrected chi connectivity index (χ0v) is 38.2. The number of phosphoric acid groups is 1. The maximum Gasteiger partial charge on any atom is 0.472 e. The van der Waals surface area contributed by atoms with Gasteiger partial charge in [-0.1, -0.05) is 157 Å². The Balaban J connectivity index is 4.38. The number of carboxylic acids is 1. The fraction of sp³-hybridized carbons (Fsp3) is 0.688. The highest BCUT2D eigenvalue weighted by Gasteiger charge is 2.28. The molecule has 4 N–H and O–H groups in total. The van der Waals surface area contributed by atoms with Gasteiger partial charge in [0.2, 0.25) is 0 Å². The van der Waals surface area contributed by atoms with Gasteiger partial charge in [0.05, 0.1) is 13.2 Å². The topological polar surface area (TPSA) is 172 Å². The Morgan fingerprint density at radius 3 is 1.40 bits per heavy atom. The Morgan fingerprint density at radius 1 is 0.533 bits per heavy atom. The van der Waals surface area contributed by atoms with Crippen molar-refractivity contribution in [1.29, 1.82) is 0 Å². The van der Waals surface area contributed by atoms with Crippen LogP contribution in [0.4, 0.5) is 0 Å². The van der Waals surface area contributed by atoms with Gasteiger partial charge in [-0.3, -0.25) is 23.4 Å². The van der Waals surface area contributed by atoms with E-state index < -0.39 is 51.1 Å². The maximum absolute atomic E-state index is 12.7. The molecule has 0 aliphatic heterocycles. The van der Waals surface area contributed by atoms with Crippen LogP contribution in [-0.4, -0.2) is 59.9 Å². The number of rotatable bonds is 42. The predicted molar refractivity (Wildman–Crippen MR) is 244 cm³/mol. The van der Waals surface area contributed by atoms with Gasteiger partial charge in [0.25, 0.3) is 0 Å². The smallest absolute Gasteiger partial charge is 0.472 e. The third kappa shape index (κ3) is 41.6. The van der Waals surface area contributed by atoms with Crippen molar-refractivity contribution in [3.05, 3.63) is 72.9 Å². The number of carboxylic acid groups (broad SMARTS) is 1. The van der Waals surface area contributed by atoms with E-state index >= 15 is 0 Å². The number of hydrogen-bond donors (Lipinski definition) is 3. The lowest BCUT2D eigenvalue weighted by Crippen LogP contribution is -2.34. The van der Waals surface area contributed by atoms with Gasteiger partial charge in [-0.05, 0) is 83.5 Å². The normalized spacial score (nSPS) is 14.3. The molecule has 11 nitrogen and oxygen atoms in total. The standard InChI is InChI=1S/C48H82NO10P/c1-3-5-7-9-11-13-15-17-19-21-22-24-26-28-30-32-34-36-38-40-47(51)59-44(42-57-60(54,55)58-43-45(49)48(52)53)41-56-46(50)39-37-35-33-31-29-27-25-23-20-18-16-14-12-10-8-6-4-2/h6,8,11-14,17-20,22,24,44-45H,3-5,7,9-10,15-16,21,23,25-43,49H2,1-2H3,(H,52,53)(H,54,55)/b8-6-,13-11-,14-12-,19-17-,20-18-,24-22-. The summed E-state index contributed by atoms with van der Waals surface area (Å²) in [5, 5.41) is 8.90. The first-order valence-electron chi connectivity index (χ1n) is 23.0. The van der Waals surface area contributed by atoms with Crippen molar-refractivity contribution in [2.24, 2.45) is 5.73 Å². The number of hydrogen-bond acceptors (Lipinski definition) is 9. The molecule has 0 aliphatic rings. The van der Waals surface area contributed by atoms with Crippen molar-refractivity contribution in [1.82, 2.24) is 0 Å². The molecule has 60 heavy (non-hydrogen) atoms. The van der Waals surface area contributed by atoms with E-state index in [1.807, 2.05) is 0 Å². The quantitative estimate of drug-likeness (QED) is 0.0231. The summed E-state index contributed by atoms with van der Waals surface area (Å²) in [7, 11) is -4.73. The van der Waals surface area contributed by atoms with Gasteiger partial charge in [-0.25, -0.2) is 4.57 Å². The van der Waals surface area contributed by atoms with Crippen molar-refractivity contribution in [2.45, 2.75) is 193 Å². The Bertz CT molecular complexity index is 1290. The van der Waals surface area contributed by atoms with Crippen LogP contribution in [-0.2, 0) is 37.5 Å². The number of aliphatic carboxylic acids is 1. The average Bonchev–Trinajstić information content (AvgIpc) is 3.22. The minimum Gasteiger partial charge on any atom is -0.480 e. The van der Waals surface area contributed by atoms with E-state index in [0.29, 0.717) is 12.8 Å². The van der Waals surface area contributed by atoms with E-state index in [1.54, 1.807) is 0 Å². The van der Waals surface area contributed by atoms with E-state index in [-0.39, 0.29) is 19.4 Å². The third-order valence-electron chi connectivity index (χ3n) is 9.44. The van der Waals surface area contributed by atoms with Gasteiger partial charge in [-0.15, -0.1) is 0 Å². The number of nitrogens with two attached hydrogens (primary N) is 1. The van der Waals surface area contributed by atoms with Gasteiger partial charge >= 0.3 is 25.7 Å². The number of carbonyl (C=O) groups excluding carboxylic acids is 2. The summed E-state index contributed by atoms with van der Waals surface area (Å²) in [4.78, 5) is 46.1. The van der Waals surface area contributed by atoms with Crippen LogP contribution in [0, 0.1) is 0 Å². The molecule has 0 aliphatic carbocycles. The summed E-state index contributed by atoms with van der Waals surface area (Å²) in [5.41, 5.74) is 5.34. The number of esters is 2. The Hall–Kier alpha value is -3.08. The summed E-state index contributed by atoms with van der Waals surface area (Å²) < 4.78 is 32.7. The third-order valence-corrected chi connectivity index (χ3v) is 10.4. The summed E-state index contributed by atoms with van der Waals surface area (Å²) in [6.45, 7) is 2.64. The maximum atomic E-state index is 12.7. The molecule has 0 spiro atoms. The molecule has 0 saturated carbocycles. The number of ether oxygens (including phenoxy) is 2. The molecule has 0 fully saturated rings. The Morgan fingerprint density at radius 2 is 0.933 bits per heavy atom. The minimum absolute atomic E-state index is 0.141. The molecule has 344 valence electrons. The van der Waals surface area contributed by atoms with E-state index in [2.05, 4.69) is 91.3 Å². The summed E-state index contributed by atoms with van der Waals surface area (Å²) in [6, 6.07) is -1.53. The van der Waals surface area contributed by atoms with Gasteiger partial charge in [0, 0.05) is 12.8 Å². The molecule has 0 heterocycles. The Labute approximate surface area is 363 Å². The average molecular weight is 864 g/mol. The fourth-order valence-electron chi connectivity index (χ4n) is 5.85. The van der Waals surface area contributed by atoms with Crippen LogP contribution in [0.1, 0.15) is 181 Å². The monoisotopic (exact) mass is 864 g/mol. The lowest BCUT2D eigenvalue weighted by molar-refractivity contribution is -0.161. The summed E-state index contributed by atoms with van der Waals surface area (Å²) in [5.74, 6) is -2.41. The first kappa shape index (κ1) is 56.9. The lowest BCUT2D eigenvalue weighted by Gasteiger charge is -2.20. The molecule has 0 rings (SSSR count). The molecule has 0 aromatic heterocycles. The molecule has 0 amide bonds. The second-order valence-corrected chi connectivity index (χ2v) is 16.6. The highest BCUT2D eigenvalue weighted by molar-refractivity contribution is 7.47. The number of phosphoric ester groups is 1. The highest BCUT2D eigenvalue weighted by atomic mass is 31.2. The second kappa shape index (κ2) is 42.6. The zero-order chi connectivity index (χ0) is 44.2. The van der Waals surface area contributed by atoms with Crippen molar-refractivity contribution < 1.29 is 47.5 Å². The fourth-order valence-corrected chi connectivity index (χ4v) is 6.63. The molecule has 0 radical (unpaired) electrons. The van der Waals surface area contributed by atoms with Gasteiger partial charge < -0.3 is 25.2 Å². The molecule has 0 aromatic carbocycles.